The monoisotopic (exact) mass is 227 g/mol. The van der Waals surface area contributed by atoms with Gasteiger partial charge in [-0.3, -0.25) is 9.59 Å². The number of carboxylic acid groups (broad SMARTS) is 1. The second-order valence-corrected chi connectivity index (χ2v) is 2.95. The molecule has 0 aliphatic rings. The Morgan fingerprint density at radius 1 is 1.50 bits per heavy atom. The molecule has 0 bridgehead atoms. The predicted octanol–water partition coefficient (Wildman–Crippen LogP) is -0.468. The van der Waals surface area contributed by atoms with Crippen LogP contribution in [-0.2, 0) is 19.1 Å². The van der Waals surface area contributed by atoms with Gasteiger partial charge in [-0.1, -0.05) is 5.92 Å². The van der Waals surface area contributed by atoms with Gasteiger partial charge in [-0.05, 0) is 6.42 Å². The van der Waals surface area contributed by atoms with E-state index in [4.69, 9.17) is 11.5 Å². The van der Waals surface area contributed by atoms with Crippen molar-refractivity contribution in [1.82, 2.24) is 5.32 Å². The van der Waals surface area contributed by atoms with Crippen LogP contribution >= 0.6 is 0 Å². The molecule has 0 heterocycles. The zero-order valence-electron chi connectivity index (χ0n) is 8.86. The maximum atomic E-state index is 11.0. The molecule has 6 heteroatoms. The van der Waals surface area contributed by atoms with Crippen molar-refractivity contribution in [2.45, 2.75) is 25.3 Å². The second-order valence-electron chi connectivity index (χ2n) is 2.95. The van der Waals surface area contributed by atoms with Crippen molar-refractivity contribution in [3.8, 4) is 12.3 Å². The molecule has 1 atom stereocenters. The molecule has 0 aromatic heterocycles. The van der Waals surface area contributed by atoms with Gasteiger partial charge in [0.1, 0.15) is 6.04 Å². The molecule has 0 radical (unpaired) electrons. The zero-order chi connectivity index (χ0) is 12.6. The highest BCUT2D eigenvalue weighted by Gasteiger charge is 2.20. The van der Waals surface area contributed by atoms with Crippen LogP contribution in [0.25, 0.3) is 0 Å². The normalized spacial score (nSPS) is 11.0. The summed E-state index contributed by atoms with van der Waals surface area (Å²) in [6, 6.07) is -1.13. The fourth-order valence-electron chi connectivity index (χ4n) is 0.960. The number of hydrogen-bond acceptors (Lipinski definition) is 4. The number of terminal acetylenes is 1. The summed E-state index contributed by atoms with van der Waals surface area (Å²) in [7, 11) is 1.20. The molecule has 1 amide bonds. The minimum Gasteiger partial charge on any atom is -0.480 e. The van der Waals surface area contributed by atoms with Crippen LogP contribution in [0.2, 0.25) is 0 Å². The quantitative estimate of drug-likeness (QED) is 0.473. The van der Waals surface area contributed by atoms with Crippen molar-refractivity contribution < 1.29 is 24.2 Å². The van der Waals surface area contributed by atoms with Gasteiger partial charge in [0.2, 0.25) is 5.91 Å². The summed E-state index contributed by atoms with van der Waals surface area (Å²) in [5, 5.41) is 11.0. The Labute approximate surface area is 93.0 Å². The molecule has 0 aromatic rings. The highest BCUT2D eigenvalue weighted by atomic mass is 16.5. The van der Waals surface area contributed by atoms with E-state index in [1.165, 1.54) is 7.11 Å². The van der Waals surface area contributed by atoms with Crippen LogP contribution in [0.5, 0.6) is 0 Å². The standard InChI is InChI=1S/C10H13NO5/c1-3-4-8(12)11-7(10(14)15)5-6-9(13)16-2/h1,7H,4-6H2,2H3,(H,11,12)(H,14,15)/t7-/m1/s1. The summed E-state index contributed by atoms with van der Waals surface area (Å²) >= 11 is 0. The average molecular weight is 227 g/mol. The largest absolute Gasteiger partial charge is 0.480 e. The van der Waals surface area contributed by atoms with Gasteiger partial charge in [0.15, 0.2) is 0 Å². The van der Waals surface area contributed by atoms with E-state index in [0.29, 0.717) is 0 Å². The fraction of sp³-hybridized carbons (Fsp3) is 0.500. The molecular weight excluding hydrogens is 214 g/mol. The van der Waals surface area contributed by atoms with Crippen LogP contribution in [0.1, 0.15) is 19.3 Å². The minimum absolute atomic E-state index is 0.0294. The van der Waals surface area contributed by atoms with E-state index < -0.39 is 23.9 Å². The summed E-state index contributed by atoms with van der Waals surface area (Å²) in [6.45, 7) is 0. The van der Waals surface area contributed by atoms with Gasteiger partial charge < -0.3 is 15.2 Å². The zero-order valence-corrected chi connectivity index (χ0v) is 8.86. The average Bonchev–Trinajstić information content (AvgIpc) is 2.23. The Hall–Kier alpha value is -2.03. The molecule has 88 valence electrons. The maximum absolute atomic E-state index is 11.0. The number of amides is 1. The van der Waals surface area contributed by atoms with Crippen LogP contribution in [0.4, 0.5) is 0 Å². The molecule has 0 aliphatic carbocycles. The third-order valence-electron chi connectivity index (χ3n) is 1.76. The van der Waals surface area contributed by atoms with Crippen LogP contribution in [0.3, 0.4) is 0 Å². The molecule has 0 spiro atoms. The van der Waals surface area contributed by atoms with E-state index in [1.807, 2.05) is 0 Å². The molecule has 0 unspecified atom stereocenters. The Kier molecular flexibility index (Phi) is 6.36. The number of esters is 1. The van der Waals surface area contributed by atoms with Gasteiger partial charge in [-0.15, -0.1) is 6.42 Å². The minimum atomic E-state index is -1.21. The van der Waals surface area contributed by atoms with Crippen molar-refractivity contribution in [2.75, 3.05) is 7.11 Å². The van der Waals surface area contributed by atoms with E-state index in [-0.39, 0.29) is 19.3 Å². The number of aliphatic carboxylic acids is 1. The smallest absolute Gasteiger partial charge is 0.326 e. The molecule has 0 fully saturated rings. The van der Waals surface area contributed by atoms with Crippen LogP contribution in [-0.4, -0.2) is 36.1 Å². The lowest BCUT2D eigenvalue weighted by atomic mass is 10.1. The molecular formula is C10H13NO5. The van der Waals surface area contributed by atoms with E-state index in [1.54, 1.807) is 0 Å². The van der Waals surface area contributed by atoms with Crippen LogP contribution < -0.4 is 5.32 Å². The number of methoxy groups -OCH3 is 1. The van der Waals surface area contributed by atoms with Crippen molar-refractivity contribution in [3.05, 3.63) is 0 Å². The lowest BCUT2D eigenvalue weighted by Gasteiger charge is -2.12. The van der Waals surface area contributed by atoms with Gasteiger partial charge >= 0.3 is 11.9 Å². The number of nitrogens with one attached hydrogen (secondary N) is 1. The first kappa shape index (κ1) is 14.0. The molecule has 16 heavy (non-hydrogen) atoms. The highest BCUT2D eigenvalue weighted by Crippen LogP contribution is 2.00. The number of rotatable bonds is 6. The summed E-state index contributed by atoms with van der Waals surface area (Å²) < 4.78 is 4.36. The first-order valence-corrected chi connectivity index (χ1v) is 4.53. The maximum Gasteiger partial charge on any atom is 0.326 e. The molecule has 0 aromatic carbocycles. The Balaban J connectivity index is 4.19. The molecule has 0 aliphatic heterocycles. The molecule has 0 saturated heterocycles. The Morgan fingerprint density at radius 3 is 2.56 bits per heavy atom. The molecule has 6 nitrogen and oxygen atoms in total. The number of carbonyl (C=O) groups excluding carboxylic acids is 2. The first-order valence-electron chi connectivity index (χ1n) is 4.53. The third-order valence-corrected chi connectivity index (χ3v) is 1.76. The number of hydrogen-bond donors (Lipinski definition) is 2. The van der Waals surface area contributed by atoms with Gasteiger partial charge in [-0.25, -0.2) is 4.79 Å². The van der Waals surface area contributed by atoms with Gasteiger partial charge in [0, 0.05) is 6.42 Å². The van der Waals surface area contributed by atoms with Crippen molar-refractivity contribution in [1.29, 1.82) is 0 Å². The summed E-state index contributed by atoms with van der Waals surface area (Å²) in [5.41, 5.74) is 0. The van der Waals surface area contributed by atoms with Crippen LogP contribution in [0, 0.1) is 12.3 Å². The lowest BCUT2D eigenvalue weighted by Crippen LogP contribution is -2.40. The summed E-state index contributed by atoms with van der Waals surface area (Å²) in [4.78, 5) is 32.6. The number of ether oxygens (including phenoxy) is 1. The van der Waals surface area contributed by atoms with Crippen molar-refractivity contribution in [3.63, 3.8) is 0 Å². The number of carboxylic acids is 1. The summed E-state index contributed by atoms with van der Waals surface area (Å²) in [5.74, 6) is -0.208. The van der Waals surface area contributed by atoms with Crippen molar-refractivity contribution in [2.24, 2.45) is 0 Å². The first-order chi connectivity index (χ1) is 7.51. The Morgan fingerprint density at radius 2 is 2.12 bits per heavy atom. The van der Waals surface area contributed by atoms with E-state index in [9.17, 15) is 14.4 Å². The van der Waals surface area contributed by atoms with E-state index >= 15 is 0 Å². The second kappa shape index (κ2) is 7.29. The third kappa shape index (κ3) is 5.65. The molecule has 0 rings (SSSR count). The van der Waals surface area contributed by atoms with Gasteiger partial charge in [0.25, 0.3) is 0 Å². The van der Waals surface area contributed by atoms with E-state index in [2.05, 4.69) is 16.0 Å². The molecule has 2 N–H and O–H groups in total. The van der Waals surface area contributed by atoms with Gasteiger partial charge in [-0.2, -0.15) is 0 Å². The molecule has 0 saturated carbocycles. The Bertz CT molecular complexity index is 318. The summed E-state index contributed by atoms with van der Waals surface area (Å²) in [6.07, 6.45) is 4.59. The lowest BCUT2D eigenvalue weighted by molar-refractivity contribution is -0.144. The van der Waals surface area contributed by atoms with Crippen molar-refractivity contribution >= 4 is 17.8 Å². The highest BCUT2D eigenvalue weighted by molar-refractivity contribution is 5.85. The SMILES string of the molecule is C#CCC(=O)N[C@H](CCC(=O)OC)C(=O)O. The predicted molar refractivity (Wildman–Crippen MR) is 54.3 cm³/mol. The van der Waals surface area contributed by atoms with Crippen LogP contribution in [0.15, 0.2) is 0 Å². The van der Waals surface area contributed by atoms with Gasteiger partial charge in [0.05, 0.1) is 13.5 Å². The fourth-order valence-corrected chi connectivity index (χ4v) is 0.960. The topological polar surface area (TPSA) is 92.7 Å². The van der Waals surface area contributed by atoms with E-state index in [0.717, 1.165) is 0 Å². The number of carbonyl (C=O) groups is 3.